The van der Waals surface area contributed by atoms with Gasteiger partial charge in [-0.05, 0) is 38.1 Å². The average molecular weight is 267 g/mol. The predicted octanol–water partition coefficient (Wildman–Crippen LogP) is 0.649. The fourth-order valence-electron chi connectivity index (χ4n) is 1.48. The largest absolute Gasteiger partial charge is 0.494 e. The molecule has 1 aromatic carbocycles. The van der Waals surface area contributed by atoms with Gasteiger partial charge >= 0.3 is 5.97 Å². The highest BCUT2D eigenvalue weighted by molar-refractivity contribution is 5.96. The zero-order chi connectivity index (χ0) is 14.4. The summed E-state index contributed by atoms with van der Waals surface area (Å²) in [5.74, 6) is -1.21. The molecule has 0 saturated carbocycles. The lowest BCUT2D eigenvalue weighted by molar-refractivity contribution is -0.141. The number of carbonyl (C=O) groups is 2. The van der Waals surface area contributed by atoms with E-state index in [0.29, 0.717) is 17.9 Å². The van der Waals surface area contributed by atoms with Crippen LogP contribution in [0.25, 0.3) is 0 Å². The summed E-state index contributed by atoms with van der Waals surface area (Å²) in [4.78, 5) is 22.7. The molecule has 1 amide bonds. The molecule has 19 heavy (non-hydrogen) atoms. The van der Waals surface area contributed by atoms with Crippen molar-refractivity contribution in [3.05, 3.63) is 29.8 Å². The summed E-state index contributed by atoms with van der Waals surface area (Å²) in [5, 5.41) is 20.4. The maximum atomic E-state index is 11.8. The maximum absolute atomic E-state index is 11.8. The Morgan fingerprint density at radius 2 is 1.89 bits per heavy atom. The molecule has 0 fully saturated rings. The zero-order valence-corrected chi connectivity index (χ0v) is 10.8. The molecule has 0 aromatic heterocycles. The summed E-state index contributed by atoms with van der Waals surface area (Å²) in [6, 6.07) is 4.97. The van der Waals surface area contributed by atoms with Crippen molar-refractivity contribution >= 4 is 11.9 Å². The van der Waals surface area contributed by atoms with Crippen molar-refractivity contribution in [1.29, 1.82) is 0 Å². The summed E-state index contributed by atoms with van der Waals surface area (Å²) in [7, 11) is 0. The molecule has 0 radical (unpaired) electrons. The number of benzene rings is 1. The van der Waals surface area contributed by atoms with E-state index < -0.39 is 24.0 Å². The van der Waals surface area contributed by atoms with Crippen molar-refractivity contribution in [3.63, 3.8) is 0 Å². The standard InChI is InChI=1S/C13H17NO5/c1-3-19-10-6-4-9(5-7-10)12(16)14-11(8(2)15)13(17)18/h4-8,11,15H,3H2,1-2H3,(H,14,16)(H,17,18)/t8-,11+/m1/s1. The Bertz CT molecular complexity index is 441. The fraction of sp³-hybridized carbons (Fsp3) is 0.385. The number of carbonyl (C=O) groups excluding carboxylic acids is 1. The van der Waals surface area contributed by atoms with Gasteiger partial charge in [0.15, 0.2) is 6.04 Å². The van der Waals surface area contributed by atoms with Gasteiger partial charge in [0.1, 0.15) is 5.75 Å². The van der Waals surface area contributed by atoms with Crippen molar-refractivity contribution in [2.75, 3.05) is 6.61 Å². The van der Waals surface area contributed by atoms with Gasteiger partial charge in [-0.15, -0.1) is 0 Å². The Balaban J connectivity index is 2.74. The van der Waals surface area contributed by atoms with E-state index in [1.807, 2.05) is 6.92 Å². The van der Waals surface area contributed by atoms with Gasteiger partial charge in [-0.1, -0.05) is 0 Å². The molecule has 1 rings (SSSR count). The molecule has 0 saturated heterocycles. The number of hydrogen-bond acceptors (Lipinski definition) is 4. The third kappa shape index (κ3) is 4.26. The Kier molecular flexibility index (Phi) is 5.32. The van der Waals surface area contributed by atoms with E-state index in [0.717, 1.165) is 0 Å². The van der Waals surface area contributed by atoms with E-state index in [1.54, 1.807) is 12.1 Å². The zero-order valence-electron chi connectivity index (χ0n) is 10.8. The number of carboxylic acid groups (broad SMARTS) is 1. The third-order valence-corrected chi connectivity index (χ3v) is 2.46. The van der Waals surface area contributed by atoms with Crippen LogP contribution in [-0.4, -0.2) is 40.8 Å². The van der Waals surface area contributed by atoms with Gasteiger partial charge in [0.25, 0.3) is 5.91 Å². The van der Waals surface area contributed by atoms with E-state index in [2.05, 4.69) is 5.32 Å². The molecular formula is C13H17NO5. The highest BCUT2D eigenvalue weighted by Gasteiger charge is 2.25. The van der Waals surface area contributed by atoms with E-state index >= 15 is 0 Å². The topological polar surface area (TPSA) is 95.9 Å². The van der Waals surface area contributed by atoms with E-state index in [9.17, 15) is 14.7 Å². The van der Waals surface area contributed by atoms with E-state index in [4.69, 9.17) is 9.84 Å². The van der Waals surface area contributed by atoms with Crippen LogP contribution < -0.4 is 10.1 Å². The Labute approximate surface area is 111 Å². The molecule has 6 heteroatoms. The van der Waals surface area contributed by atoms with Gasteiger partial charge in [-0.3, -0.25) is 4.79 Å². The second kappa shape index (κ2) is 6.75. The molecule has 0 aliphatic rings. The van der Waals surface area contributed by atoms with E-state index in [1.165, 1.54) is 19.1 Å². The van der Waals surface area contributed by atoms with Crippen LogP contribution >= 0.6 is 0 Å². The minimum absolute atomic E-state index is 0.301. The summed E-state index contributed by atoms with van der Waals surface area (Å²) in [6.07, 6.45) is -1.18. The predicted molar refractivity (Wildman–Crippen MR) is 68.2 cm³/mol. The van der Waals surface area contributed by atoms with Gasteiger partial charge in [0.05, 0.1) is 12.7 Å². The van der Waals surface area contributed by atoms with Crippen LogP contribution in [0.4, 0.5) is 0 Å². The van der Waals surface area contributed by atoms with Crippen LogP contribution in [0.15, 0.2) is 24.3 Å². The number of hydrogen-bond donors (Lipinski definition) is 3. The number of amides is 1. The second-order valence-corrected chi connectivity index (χ2v) is 3.99. The number of aliphatic hydroxyl groups is 1. The number of ether oxygens (including phenoxy) is 1. The minimum Gasteiger partial charge on any atom is -0.494 e. The smallest absolute Gasteiger partial charge is 0.328 e. The Morgan fingerprint density at radius 1 is 1.32 bits per heavy atom. The van der Waals surface area contributed by atoms with Gasteiger partial charge in [-0.2, -0.15) is 0 Å². The van der Waals surface area contributed by atoms with Gasteiger partial charge in [0.2, 0.25) is 0 Å². The van der Waals surface area contributed by atoms with Crippen molar-refractivity contribution in [2.24, 2.45) is 0 Å². The first kappa shape index (κ1) is 15.0. The number of carboxylic acids is 1. The first-order valence-corrected chi connectivity index (χ1v) is 5.90. The first-order valence-electron chi connectivity index (χ1n) is 5.90. The minimum atomic E-state index is -1.33. The van der Waals surface area contributed by atoms with Gasteiger partial charge in [0, 0.05) is 5.56 Å². The normalized spacial score (nSPS) is 13.4. The summed E-state index contributed by atoms with van der Waals surface area (Å²) in [6.45, 7) is 3.67. The average Bonchev–Trinajstić information content (AvgIpc) is 2.36. The molecule has 6 nitrogen and oxygen atoms in total. The molecule has 0 unspecified atom stereocenters. The molecule has 1 aromatic rings. The lowest BCUT2D eigenvalue weighted by atomic mass is 10.1. The van der Waals surface area contributed by atoms with Crippen molar-refractivity contribution < 1.29 is 24.5 Å². The van der Waals surface area contributed by atoms with Gasteiger partial charge < -0.3 is 20.3 Å². The monoisotopic (exact) mass is 267 g/mol. The molecule has 104 valence electrons. The lowest BCUT2D eigenvalue weighted by Crippen LogP contribution is -2.47. The van der Waals surface area contributed by atoms with Crippen LogP contribution in [0.3, 0.4) is 0 Å². The lowest BCUT2D eigenvalue weighted by Gasteiger charge is -2.17. The van der Waals surface area contributed by atoms with Crippen molar-refractivity contribution in [1.82, 2.24) is 5.32 Å². The SMILES string of the molecule is CCOc1ccc(C(=O)N[C@H](C(=O)O)[C@@H](C)O)cc1. The molecular weight excluding hydrogens is 250 g/mol. The van der Waals surface area contributed by atoms with Crippen LogP contribution in [0.5, 0.6) is 5.75 Å². The molecule has 2 atom stereocenters. The molecule has 3 N–H and O–H groups in total. The van der Waals surface area contributed by atoms with Crippen LogP contribution in [0, 0.1) is 0 Å². The van der Waals surface area contributed by atoms with Crippen molar-refractivity contribution in [3.8, 4) is 5.75 Å². The van der Waals surface area contributed by atoms with Crippen LogP contribution in [0.1, 0.15) is 24.2 Å². The van der Waals surface area contributed by atoms with E-state index in [-0.39, 0.29) is 0 Å². The Hall–Kier alpha value is -2.08. The first-order chi connectivity index (χ1) is 8.95. The highest BCUT2D eigenvalue weighted by Crippen LogP contribution is 2.12. The number of nitrogens with one attached hydrogen (secondary N) is 1. The van der Waals surface area contributed by atoms with Crippen LogP contribution in [0.2, 0.25) is 0 Å². The fourth-order valence-corrected chi connectivity index (χ4v) is 1.48. The third-order valence-electron chi connectivity index (χ3n) is 2.46. The maximum Gasteiger partial charge on any atom is 0.328 e. The molecule has 0 aliphatic carbocycles. The number of aliphatic hydroxyl groups excluding tert-OH is 1. The number of rotatable bonds is 6. The number of aliphatic carboxylic acids is 1. The molecule has 0 spiro atoms. The summed E-state index contributed by atoms with van der Waals surface area (Å²) < 4.78 is 5.23. The molecule has 0 heterocycles. The highest BCUT2D eigenvalue weighted by atomic mass is 16.5. The molecule has 0 bridgehead atoms. The molecule has 0 aliphatic heterocycles. The van der Waals surface area contributed by atoms with Crippen LogP contribution in [-0.2, 0) is 4.79 Å². The Morgan fingerprint density at radius 3 is 2.32 bits per heavy atom. The van der Waals surface area contributed by atoms with Gasteiger partial charge in [-0.25, -0.2) is 4.79 Å². The quantitative estimate of drug-likeness (QED) is 0.703. The second-order valence-electron chi connectivity index (χ2n) is 3.99. The van der Waals surface area contributed by atoms with Crippen molar-refractivity contribution in [2.45, 2.75) is 26.0 Å². The summed E-state index contributed by atoms with van der Waals surface area (Å²) >= 11 is 0. The summed E-state index contributed by atoms with van der Waals surface area (Å²) in [5.41, 5.74) is 0.301.